The second-order valence-electron chi connectivity index (χ2n) is 6.30. The van der Waals surface area contributed by atoms with E-state index in [1.807, 2.05) is 60.7 Å². The Labute approximate surface area is 187 Å². The van der Waals surface area contributed by atoms with Crippen molar-refractivity contribution in [1.82, 2.24) is 15.0 Å². The number of nitrogens with one attached hydrogen (secondary N) is 3. The summed E-state index contributed by atoms with van der Waals surface area (Å²) in [4.78, 5) is 25.0. The van der Waals surface area contributed by atoms with Crippen molar-refractivity contribution in [1.29, 1.82) is 0 Å². The fourth-order valence-electron chi connectivity index (χ4n) is 2.68. The maximum absolute atomic E-state index is 12.4. The Bertz CT molecular complexity index is 1150. The molecule has 0 saturated carbocycles. The summed E-state index contributed by atoms with van der Waals surface area (Å²) < 4.78 is 1.02. The molecule has 0 bridgehead atoms. The SMILES string of the molecule is O=C(Nc1ccc(Nc2cc(Nc3ccccn3)ncn2)cc1)c1cccc(I)c1. The van der Waals surface area contributed by atoms with Crippen LogP contribution in [-0.4, -0.2) is 20.9 Å². The summed E-state index contributed by atoms with van der Waals surface area (Å²) in [5.74, 6) is 1.83. The van der Waals surface area contributed by atoms with Gasteiger partial charge in [-0.1, -0.05) is 12.1 Å². The highest BCUT2D eigenvalue weighted by Gasteiger charge is 2.07. The lowest BCUT2D eigenvalue weighted by molar-refractivity contribution is 0.102. The highest BCUT2D eigenvalue weighted by Crippen LogP contribution is 2.20. The summed E-state index contributed by atoms with van der Waals surface area (Å²) in [6.07, 6.45) is 3.19. The van der Waals surface area contributed by atoms with E-state index in [0.29, 0.717) is 28.7 Å². The van der Waals surface area contributed by atoms with E-state index in [1.54, 1.807) is 18.3 Å². The first kappa shape index (κ1) is 19.8. The van der Waals surface area contributed by atoms with E-state index in [2.05, 4.69) is 53.5 Å². The van der Waals surface area contributed by atoms with Crippen molar-refractivity contribution in [3.63, 3.8) is 0 Å². The van der Waals surface area contributed by atoms with E-state index in [1.165, 1.54) is 6.33 Å². The molecule has 0 aliphatic rings. The van der Waals surface area contributed by atoms with Crippen LogP contribution in [0, 0.1) is 3.57 Å². The topological polar surface area (TPSA) is 91.8 Å². The molecule has 1 amide bonds. The average Bonchev–Trinajstić information content (AvgIpc) is 2.76. The highest BCUT2D eigenvalue weighted by molar-refractivity contribution is 14.1. The molecule has 2 heterocycles. The number of nitrogens with zero attached hydrogens (tertiary/aromatic N) is 3. The van der Waals surface area contributed by atoms with Gasteiger partial charge in [-0.2, -0.15) is 0 Å². The number of rotatable bonds is 6. The van der Waals surface area contributed by atoms with Gasteiger partial charge in [0.15, 0.2) is 0 Å². The maximum atomic E-state index is 12.4. The predicted molar refractivity (Wildman–Crippen MR) is 126 cm³/mol. The molecule has 0 unspecified atom stereocenters. The van der Waals surface area contributed by atoms with E-state index >= 15 is 0 Å². The molecule has 0 aliphatic heterocycles. The summed E-state index contributed by atoms with van der Waals surface area (Å²) >= 11 is 2.19. The van der Waals surface area contributed by atoms with Crippen LogP contribution in [0.3, 0.4) is 0 Å². The molecule has 0 fully saturated rings. The lowest BCUT2D eigenvalue weighted by atomic mass is 10.2. The fraction of sp³-hybridized carbons (Fsp3) is 0. The second-order valence-corrected chi connectivity index (χ2v) is 7.54. The molecule has 2 aromatic heterocycles. The predicted octanol–water partition coefficient (Wildman–Crippen LogP) is 5.22. The summed E-state index contributed by atoms with van der Waals surface area (Å²) in [6, 6.07) is 22.3. The van der Waals surface area contributed by atoms with E-state index in [-0.39, 0.29) is 5.91 Å². The summed E-state index contributed by atoms with van der Waals surface area (Å²) in [5.41, 5.74) is 2.17. The van der Waals surface area contributed by atoms with Gasteiger partial charge in [0.05, 0.1) is 0 Å². The van der Waals surface area contributed by atoms with Crippen LogP contribution < -0.4 is 16.0 Å². The van der Waals surface area contributed by atoms with Gasteiger partial charge in [-0.3, -0.25) is 4.79 Å². The lowest BCUT2D eigenvalue weighted by Gasteiger charge is -2.10. The lowest BCUT2D eigenvalue weighted by Crippen LogP contribution is -2.11. The van der Waals surface area contributed by atoms with Crippen LogP contribution in [-0.2, 0) is 0 Å². The Kier molecular flexibility index (Phi) is 6.14. The third-order valence-corrected chi connectivity index (χ3v) is 4.76. The van der Waals surface area contributed by atoms with Crippen LogP contribution in [0.5, 0.6) is 0 Å². The average molecular weight is 508 g/mol. The van der Waals surface area contributed by atoms with Crippen LogP contribution in [0.15, 0.2) is 85.3 Å². The first-order chi connectivity index (χ1) is 14.7. The quantitative estimate of drug-likeness (QED) is 0.310. The van der Waals surface area contributed by atoms with Gasteiger partial charge in [-0.15, -0.1) is 0 Å². The summed E-state index contributed by atoms with van der Waals surface area (Å²) in [6.45, 7) is 0. The molecule has 0 aliphatic carbocycles. The molecule has 30 heavy (non-hydrogen) atoms. The normalized spacial score (nSPS) is 10.3. The minimum absolute atomic E-state index is 0.143. The molecule has 7 nitrogen and oxygen atoms in total. The minimum atomic E-state index is -0.143. The molecule has 2 aromatic carbocycles. The van der Waals surface area contributed by atoms with Gasteiger partial charge >= 0.3 is 0 Å². The Morgan fingerprint density at radius 2 is 1.50 bits per heavy atom. The number of anilines is 5. The van der Waals surface area contributed by atoms with E-state index < -0.39 is 0 Å². The first-order valence-corrected chi connectivity index (χ1v) is 10.2. The zero-order valence-corrected chi connectivity index (χ0v) is 17.9. The number of aromatic nitrogens is 3. The smallest absolute Gasteiger partial charge is 0.255 e. The molecule has 0 radical (unpaired) electrons. The van der Waals surface area contributed by atoms with Crippen LogP contribution in [0.2, 0.25) is 0 Å². The van der Waals surface area contributed by atoms with Crippen LogP contribution in [0.4, 0.5) is 28.8 Å². The Hall–Kier alpha value is -3.53. The maximum Gasteiger partial charge on any atom is 0.255 e. The van der Waals surface area contributed by atoms with Crippen LogP contribution in [0.25, 0.3) is 0 Å². The standard InChI is InChI=1S/C22H17IN6O/c23-16-5-3-4-15(12-16)22(30)28-18-9-7-17(8-10-18)27-20-13-21(26-14-25-20)29-19-6-1-2-11-24-19/h1-14H,(H,28,30)(H2,24,25,26,27,29). The van der Waals surface area contributed by atoms with E-state index in [0.717, 1.165) is 9.26 Å². The van der Waals surface area contributed by atoms with Crippen molar-refractivity contribution in [3.05, 3.63) is 94.5 Å². The van der Waals surface area contributed by atoms with Crippen LogP contribution >= 0.6 is 22.6 Å². The number of hydrogen-bond donors (Lipinski definition) is 3. The van der Waals surface area contributed by atoms with Gasteiger partial charge in [0.25, 0.3) is 5.91 Å². The van der Waals surface area contributed by atoms with Gasteiger partial charge in [-0.25, -0.2) is 15.0 Å². The molecule has 3 N–H and O–H groups in total. The largest absolute Gasteiger partial charge is 0.340 e. The molecule has 4 aromatic rings. The number of pyridine rings is 1. The third-order valence-electron chi connectivity index (χ3n) is 4.09. The van der Waals surface area contributed by atoms with Gasteiger partial charge < -0.3 is 16.0 Å². The zero-order chi connectivity index (χ0) is 20.8. The van der Waals surface area contributed by atoms with E-state index in [9.17, 15) is 4.79 Å². The molecule has 4 rings (SSSR count). The summed E-state index contributed by atoms with van der Waals surface area (Å²) in [5, 5.41) is 9.25. The van der Waals surface area contributed by atoms with Crippen molar-refractivity contribution in [2.24, 2.45) is 0 Å². The van der Waals surface area contributed by atoms with Gasteiger partial charge in [0, 0.05) is 32.8 Å². The number of halogens is 1. The summed E-state index contributed by atoms with van der Waals surface area (Å²) in [7, 11) is 0. The van der Waals surface area contributed by atoms with Crippen molar-refractivity contribution in [3.8, 4) is 0 Å². The third kappa shape index (κ3) is 5.29. The molecular weight excluding hydrogens is 491 g/mol. The number of amides is 1. The van der Waals surface area contributed by atoms with Gasteiger partial charge in [0.2, 0.25) is 0 Å². The van der Waals surface area contributed by atoms with Crippen molar-refractivity contribution in [2.45, 2.75) is 0 Å². The Balaban J connectivity index is 1.40. The van der Waals surface area contributed by atoms with Crippen molar-refractivity contribution < 1.29 is 4.79 Å². The second kappa shape index (κ2) is 9.31. The Morgan fingerprint density at radius 3 is 2.23 bits per heavy atom. The minimum Gasteiger partial charge on any atom is -0.340 e. The fourth-order valence-corrected chi connectivity index (χ4v) is 3.22. The van der Waals surface area contributed by atoms with Gasteiger partial charge in [0.1, 0.15) is 23.8 Å². The van der Waals surface area contributed by atoms with Crippen LogP contribution in [0.1, 0.15) is 10.4 Å². The molecular formula is C22H17IN6O. The van der Waals surface area contributed by atoms with E-state index in [4.69, 9.17) is 0 Å². The molecule has 0 spiro atoms. The number of hydrogen-bond acceptors (Lipinski definition) is 6. The monoisotopic (exact) mass is 508 g/mol. The molecule has 148 valence electrons. The molecule has 0 atom stereocenters. The molecule has 0 saturated heterocycles. The Morgan fingerprint density at radius 1 is 0.733 bits per heavy atom. The van der Waals surface area contributed by atoms with Gasteiger partial charge in [-0.05, 0) is 77.2 Å². The highest BCUT2D eigenvalue weighted by atomic mass is 127. The van der Waals surface area contributed by atoms with Crippen molar-refractivity contribution >= 4 is 57.3 Å². The molecule has 8 heteroatoms. The number of carbonyl (C=O) groups excluding carboxylic acids is 1. The number of carbonyl (C=O) groups is 1. The zero-order valence-electron chi connectivity index (χ0n) is 15.7. The first-order valence-electron chi connectivity index (χ1n) is 9.10. The van der Waals surface area contributed by atoms with Crippen molar-refractivity contribution in [2.75, 3.05) is 16.0 Å². The number of benzene rings is 2.